The van der Waals surface area contributed by atoms with E-state index in [1.54, 1.807) is 0 Å². The van der Waals surface area contributed by atoms with Gasteiger partial charge in [0.25, 0.3) is 0 Å². The van der Waals surface area contributed by atoms with Crippen molar-refractivity contribution in [2.45, 2.75) is 19.2 Å². The third-order valence-corrected chi connectivity index (χ3v) is 4.31. The highest BCUT2D eigenvalue weighted by Crippen LogP contribution is 2.47. The molecule has 84 valence electrons. The molecule has 1 heteroatoms. The Balaban J connectivity index is 2.31. The van der Waals surface area contributed by atoms with Gasteiger partial charge in [0.2, 0.25) is 0 Å². The summed E-state index contributed by atoms with van der Waals surface area (Å²) in [4.78, 5) is 0. The number of hydrogen-bond acceptors (Lipinski definition) is 0. The molecule has 0 saturated carbocycles. The lowest BCUT2D eigenvalue weighted by Gasteiger charge is -2.37. The number of allylic oxidation sites excluding steroid dienone is 4. The number of hydrogen-bond donors (Lipinski definition) is 0. The Morgan fingerprint density at radius 1 is 1.19 bits per heavy atom. The van der Waals surface area contributed by atoms with Gasteiger partial charge >= 0.3 is 0 Å². The van der Waals surface area contributed by atoms with Gasteiger partial charge in [-0.1, -0.05) is 68.5 Å². The van der Waals surface area contributed by atoms with Crippen LogP contribution in [0.25, 0.3) is 0 Å². The van der Waals surface area contributed by atoms with E-state index in [0.29, 0.717) is 5.92 Å². The average Bonchev–Trinajstić information content (AvgIpc) is 2.33. The molecule has 2 rings (SSSR count). The molecular weight excluding hydrogens is 216 g/mol. The van der Waals surface area contributed by atoms with Crippen molar-refractivity contribution in [1.29, 1.82) is 0 Å². The molecular formula is C15H17Cl. The fourth-order valence-electron chi connectivity index (χ4n) is 2.15. The second kappa shape index (κ2) is 4.47. The first kappa shape index (κ1) is 11.5. The molecule has 1 aliphatic rings. The highest BCUT2D eigenvalue weighted by atomic mass is 35.5. The van der Waals surface area contributed by atoms with Crippen molar-refractivity contribution in [3.8, 4) is 0 Å². The summed E-state index contributed by atoms with van der Waals surface area (Å²) >= 11 is 6.64. The minimum absolute atomic E-state index is 0.00232. The summed E-state index contributed by atoms with van der Waals surface area (Å²) in [6.07, 6.45) is 8.64. The summed E-state index contributed by atoms with van der Waals surface area (Å²) in [5, 5.41) is 0.0184. The zero-order valence-corrected chi connectivity index (χ0v) is 10.5. The molecule has 1 aliphatic carbocycles. The molecule has 3 unspecified atom stereocenters. The second-order valence-corrected chi connectivity index (χ2v) is 5.11. The molecule has 1 aromatic carbocycles. The monoisotopic (exact) mass is 232 g/mol. The van der Waals surface area contributed by atoms with E-state index in [9.17, 15) is 0 Å². The predicted octanol–water partition coefficient (Wildman–Crippen LogP) is 4.73. The molecule has 3 atom stereocenters. The summed E-state index contributed by atoms with van der Waals surface area (Å²) in [6, 6.07) is 10.3. The van der Waals surface area contributed by atoms with Crippen LogP contribution in [0.3, 0.4) is 0 Å². The van der Waals surface area contributed by atoms with Gasteiger partial charge in [0.05, 0.1) is 5.38 Å². The molecule has 0 spiro atoms. The van der Waals surface area contributed by atoms with E-state index in [0.717, 1.165) is 0 Å². The molecule has 0 saturated heterocycles. The molecule has 0 N–H and O–H groups in total. The van der Waals surface area contributed by atoms with Crippen LogP contribution < -0.4 is 0 Å². The van der Waals surface area contributed by atoms with E-state index in [-0.39, 0.29) is 10.8 Å². The first-order valence-electron chi connectivity index (χ1n) is 5.69. The number of halogens is 1. The summed E-state index contributed by atoms with van der Waals surface area (Å²) in [7, 11) is 0. The Hall–Kier alpha value is -1.01. The zero-order valence-electron chi connectivity index (χ0n) is 9.73. The van der Waals surface area contributed by atoms with Crippen molar-refractivity contribution in [3.63, 3.8) is 0 Å². The Labute approximate surface area is 103 Å². The SMILES string of the molecule is CC1C=CC=CC1(C)C(Cl)c1ccccc1. The van der Waals surface area contributed by atoms with Crippen LogP contribution in [0.1, 0.15) is 24.8 Å². The molecule has 0 aromatic heterocycles. The fraction of sp³-hybridized carbons (Fsp3) is 0.333. The first-order chi connectivity index (χ1) is 7.64. The molecule has 16 heavy (non-hydrogen) atoms. The van der Waals surface area contributed by atoms with Gasteiger partial charge in [0.15, 0.2) is 0 Å². The largest absolute Gasteiger partial charge is 0.117 e. The maximum atomic E-state index is 6.64. The molecule has 0 heterocycles. The standard InChI is InChI=1S/C15H17Cl/c1-12-8-6-7-11-15(12,2)14(16)13-9-4-3-5-10-13/h3-12,14H,1-2H3. The van der Waals surface area contributed by atoms with E-state index in [2.05, 4.69) is 50.3 Å². The van der Waals surface area contributed by atoms with Gasteiger partial charge in [-0.2, -0.15) is 0 Å². The quantitative estimate of drug-likeness (QED) is 0.647. The maximum Gasteiger partial charge on any atom is 0.0678 e. The van der Waals surface area contributed by atoms with E-state index >= 15 is 0 Å². The predicted molar refractivity (Wildman–Crippen MR) is 70.6 cm³/mol. The third kappa shape index (κ3) is 1.94. The van der Waals surface area contributed by atoms with Gasteiger partial charge in [0.1, 0.15) is 0 Å². The molecule has 0 aliphatic heterocycles. The molecule has 0 fully saturated rings. The highest BCUT2D eigenvalue weighted by molar-refractivity contribution is 6.21. The van der Waals surface area contributed by atoms with E-state index < -0.39 is 0 Å². The van der Waals surface area contributed by atoms with Crippen LogP contribution in [0.15, 0.2) is 54.6 Å². The van der Waals surface area contributed by atoms with Gasteiger partial charge in [-0.25, -0.2) is 0 Å². The van der Waals surface area contributed by atoms with Gasteiger partial charge < -0.3 is 0 Å². The number of rotatable bonds is 2. The minimum atomic E-state index is -0.00232. The van der Waals surface area contributed by atoms with Crippen LogP contribution in [0.2, 0.25) is 0 Å². The van der Waals surface area contributed by atoms with Gasteiger partial charge in [0, 0.05) is 5.41 Å². The van der Waals surface area contributed by atoms with Gasteiger partial charge in [-0.05, 0) is 11.5 Å². The van der Waals surface area contributed by atoms with Crippen LogP contribution in [0, 0.1) is 11.3 Å². The molecule has 0 bridgehead atoms. The highest BCUT2D eigenvalue weighted by Gasteiger charge is 2.36. The lowest BCUT2D eigenvalue weighted by molar-refractivity contribution is 0.311. The van der Waals surface area contributed by atoms with Crippen LogP contribution in [-0.2, 0) is 0 Å². The zero-order chi connectivity index (χ0) is 11.6. The number of benzene rings is 1. The van der Waals surface area contributed by atoms with Crippen molar-refractivity contribution in [2.75, 3.05) is 0 Å². The lowest BCUT2D eigenvalue weighted by atomic mass is 9.71. The van der Waals surface area contributed by atoms with Crippen LogP contribution in [0.4, 0.5) is 0 Å². The number of alkyl halides is 1. The van der Waals surface area contributed by atoms with Crippen LogP contribution in [-0.4, -0.2) is 0 Å². The smallest absolute Gasteiger partial charge is 0.0678 e. The van der Waals surface area contributed by atoms with Crippen molar-refractivity contribution in [3.05, 3.63) is 60.2 Å². The summed E-state index contributed by atoms with van der Waals surface area (Å²) in [5.74, 6) is 0.459. The van der Waals surface area contributed by atoms with E-state index in [1.165, 1.54) is 5.56 Å². The van der Waals surface area contributed by atoms with Crippen LogP contribution in [0.5, 0.6) is 0 Å². The van der Waals surface area contributed by atoms with Crippen molar-refractivity contribution in [2.24, 2.45) is 11.3 Å². The van der Waals surface area contributed by atoms with Gasteiger partial charge in [-0.3, -0.25) is 0 Å². The fourth-order valence-corrected chi connectivity index (χ4v) is 2.57. The normalized spacial score (nSPS) is 30.3. The van der Waals surface area contributed by atoms with Crippen molar-refractivity contribution < 1.29 is 0 Å². The minimum Gasteiger partial charge on any atom is -0.117 e. The first-order valence-corrected chi connectivity index (χ1v) is 6.13. The van der Waals surface area contributed by atoms with E-state index in [1.807, 2.05) is 18.2 Å². The van der Waals surface area contributed by atoms with Gasteiger partial charge in [-0.15, -0.1) is 11.6 Å². The molecule has 1 aromatic rings. The average molecular weight is 233 g/mol. The topological polar surface area (TPSA) is 0 Å². The second-order valence-electron chi connectivity index (χ2n) is 4.67. The summed E-state index contributed by atoms with van der Waals surface area (Å²) < 4.78 is 0. The van der Waals surface area contributed by atoms with Crippen LogP contribution >= 0.6 is 11.6 Å². The van der Waals surface area contributed by atoms with E-state index in [4.69, 9.17) is 11.6 Å². The lowest BCUT2D eigenvalue weighted by Crippen LogP contribution is -2.28. The molecule has 0 nitrogen and oxygen atoms in total. The Morgan fingerprint density at radius 2 is 1.88 bits per heavy atom. The summed E-state index contributed by atoms with van der Waals surface area (Å²) in [5.41, 5.74) is 1.19. The Morgan fingerprint density at radius 3 is 2.50 bits per heavy atom. The summed E-state index contributed by atoms with van der Waals surface area (Å²) in [6.45, 7) is 4.45. The third-order valence-electron chi connectivity index (χ3n) is 3.59. The Bertz CT molecular complexity index is 405. The van der Waals surface area contributed by atoms with Crippen molar-refractivity contribution >= 4 is 11.6 Å². The Kier molecular flexibility index (Phi) is 3.20. The molecule has 0 radical (unpaired) electrons. The van der Waals surface area contributed by atoms with Crippen molar-refractivity contribution in [1.82, 2.24) is 0 Å². The molecule has 0 amide bonds. The maximum absolute atomic E-state index is 6.64.